The van der Waals surface area contributed by atoms with E-state index in [4.69, 9.17) is 4.74 Å². The fourth-order valence-corrected chi connectivity index (χ4v) is 1.59. The van der Waals surface area contributed by atoms with E-state index in [-0.39, 0.29) is 0 Å². The zero-order valence-corrected chi connectivity index (χ0v) is 9.15. The summed E-state index contributed by atoms with van der Waals surface area (Å²) in [6.45, 7) is 1.97. The van der Waals surface area contributed by atoms with Gasteiger partial charge in [-0.3, -0.25) is 4.99 Å². The smallest absolute Gasteiger partial charge is 0.141 e. The van der Waals surface area contributed by atoms with Crippen LogP contribution in [0.1, 0.15) is 32.6 Å². The Morgan fingerprint density at radius 3 is 3.00 bits per heavy atom. The first kappa shape index (κ1) is 10.2. The molecule has 0 heterocycles. The molecular weight excluding hydrogens is 186 g/mol. The summed E-state index contributed by atoms with van der Waals surface area (Å²) in [6, 6.07) is 0. The Morgan fingerprint density at radius 2 is 2.33 bits per heavy atom. The minimum absolute atomic E-state index is 0.429. The van der Waals surface area contributed by atoms with Crippen LogP contribution in [0.4, 0.5) is 0 Å². The molecule has 2 nitrogen and oxygen atoms in total. The second kappa shape index (κ2) is 4.96. The lowest BCUT2D eigenvalue weighted by Gasteiger charge is -2.28. The molecule has 0 aromatic carbocycles. The molecule has 1 fully saturated rings. The molecule has 2 rings (SSSR count). The minimum atomic E-state index is 0.429. The summed E-state index contributed by atoms with van der Waals surface area (Å²) in [5.74, 6) is 0.959. The molecule has 2 aliphatic rings. The fraction of sp³-hybridized carbons (Fsp3) is 0.462. The van der Waals surface area contributed by atoms with E-state index in [2.05, 4.69) is 11.1 Å². The van der Waals surface area contributed by atoms with Gasteiger partial charge in [0.05, 0.1) is 11.8 Å². The summed E-state index contributed by atoms with van der Waals surface area (Å²) < 4.78 is 5.88. The number of hydrogen-bond donors (Lipinski definition) is 0. The minimum Gasteiger partial charge on any atom is -0.489 e. The van der Waals surface area contributed by atoms with Crippen LogP contribution in [0, 0.1) is 0 Å². The van der Waals surface area contributed by atoms with Crippen molar-refractivity contribution in [3.63, 3.8) is 0 Å². The largest absolute Gasteiger partial charge is 0.489 e. The van der Waals surface area contributed by atoms with Crippen LogP contribution >= 0.6 is 0 Å². The van der Waals surface area contributed by atoms with Gasteiger partial charge >= 0.3 is 0 Å². The highest BCUT2D eigenvalue weighted by atomic mass is 16.5. The van der Waals surface area contributed by atoms with Crippen LogP contribution in [0.15, 0.2) is 41.3 Å². The van der Waals surface area contributed by atoms with Gasteiger partial charge in [0.15, 0.2) is 0 Å². The Kier molecular flexibility index (Phi) is 3.38. The van der Waals surface area contributed by atoms with Gasteiger partial charge in [-0.25, -0.2) is 0 Å². The molecule has 0 aromatic rings. The molecule has 0 saturated heterocycles. The SMILES string of the molecule is C/C=C\N=C1/CC=CC=C1OC1CCC1. The van der Waals surface area contributed by atoms with E-state index in [0.717, 1.165) is 17.9 Å². The third-order valence-electron chi connectivity index (χ3n) is 2.70. The van der Waals surface area contributed by atoms with Gasteiger partial charge in [0.25, 0.3) is 0 Å². The van der Waals surface area contributed by atoms with Crippen molar-refractivity contribution in [1.29, 1.82) is 0 Å². The fourth-order valence-electron chi connectivity index (χ4n) is 1.59. The van der Waals surface area contributed by atoms with Crippen LogP contribution in [0.25, 0.3) is 0 Å². The predicted octanol–water partition coefficient (Wildman–Crippen LogP) is 3.37. The summed E-state index contributed by atoms with van der Waals surface area (Å²) in [4.78, 5) is 4.39. The van der Waals surface area contributed by atoms with Crippen molar-refractivity contribution in [2.75, 3.05) is 0 Å². The average Bonchev–Trinajstić information content (AvgIpc) is 2.22. The molecule has 0 aromatic heterocycles. The zero-order chi connectivity index (χ0) is 10.5. The first-order valence-electron chi connectivity index (χ1n) is 5.62. The van der Waals surface area contributed by atoms with E-state index in [9.17, 15) is 0 Å². The summed E-state index contributed by atoms with van der Waals surface area (Å²) in [5.41, 5.74) is 1.04. The Bertz CT molecular complexity index is 332. The number of nitrogens with zero attached hydrogens (tertiary/aromatic N) is 1. The van der Waals surface area contributed by atoms with E-state index in [1.54, 1.807) is 0 Å². The van der Waals surface area contributed by atoms with Gasteiger partial charge in [0, 0.05) is 12.6 Å². The van der Waals surface area contributed by atoms with Crippen LogP contribution in [0.2, 0.25) is 0 Å². The molecule has 2 heteroatoms. The molecule has 80 valence electrons. The van der Waals surface area contributed by atoms with Crippen molar-refractivity contribution >= 4 is 5.71 Å². The van der Waals surface area contributed by atoms with Crippen LogP contribution in [-0.2, 0) is 4.74 Å². The van der Waals surface area contributed by atoms with E-state index in [0.29, 0.717) is 6.10 Å². The zero-order valence-electron chi connectivity index (χ0n) is 9.15. The lowest BCUT2D eigenvalue weighted by atomic mass is 9.96. The highest BCUT2D eigenvalue weighted by molar-refractivity contribution is 6.00. The van der Waals surface area contributed by atoms with Crippen LogP contribution in [0.3, 0.4) is 0 Å². The molecule has 0 amide bonds. The average molecular weight is 203 g/mol. The molecule has 0 unspecified atom stereocenters. The van der Waals surface area contributed by atoms with Crippen molar-refractivity contribution in [2.45, 2.75) is 38.7 Å². The molecule has 0 aliphatic heterocycles. The monoisotopic (exact) mass is 203 g/mol. The Morgan fingerprint density at radius 1 is 1.47 bits per heavy atom. The van der Waals surface area contributed by atoms with Gasteiger partial charge in [-0.15, -0.1) is 0 Å². The molecule has 0 N–H and O–H groups in total. The lowest BCUT2D eigenvalue weighted by Crippen LogP contribution is -2.24. The maximum atomic E-state index is 5.88. The number of rotatable bonds is 3. The normalized spacial score (nSPS) is 24.3. The van der Waals surface area contributed by atoms with Gasteiger partial charge in [-0.2, -0.15) is 0 Å². The van der Waals surface area contributed by atoms with Crippen molar-refractivity contribution in [1.82, 2.24) is 0 Å². The summed E-state index contributed by atoms with van der Waals surface area (Å²) in [7, 11) is 0. The van der Waals surface area contributed by atoms with Crippen LogP contribution in [0.5, 0.6) is 0 Å². The lowest BCUT2D eigenvalue weighted by molar-refractivity contribution is 0.0625. The molecule has 0 atom stereocenters. The van der Waals surface area contributed by atoms with Gasteiger partial charge < -0.3 is 4.74 Å². The molecule has 0 bridgehead atoms. The summed E-state index contributed by atoms with van der Waals surface area (Å²) in [5, 5.41) is 0. The van der Waals surface area contributed by atoms with E-state index >= 15 is 0 Å². The Hall–Kier alpha value is -1.31. The Labute approximate surface area is 91.0 Å². The maximum Gasteiger partial charge on any atom is 0.141 e. The van der Waals surface area contributed by atoms with Gasteiger partial charge in [-0.1, -0.05) is 18.2 Å². The maximum absolute atomic E-state index is 5.88. The van der Waals surface area contributed by atoms with E-state index in [1.165, 1.54) is 19.3 Å². The van der Waals surface area contributed by atoms with E-state index in [1.807, 2.05) is 31.4 Å². The van der Waals surface area contributed by atoms with Crippen LogP contribution in [-0.4, -0.2) is 11.8 Å². The van der Waals surface area contributed by atoms with Gasteiger partial charge in [0.2, 0.25) is 0 Å². The van der Waals surface area contributed by atoms with Gasteiger partial charge in [0.1, 0.15) is 5.76 Å². The topological polar surface area (TPSA) is 21.6 Å². The van der Waals surface area contributed by atoms with Gasteiger partial charge in [-0.05, 0) is 32.3 Å². The van der Waals surface area contributed by atoms with Crippen molar-refractivity contribution in [3.8, 4) is 0 Å². The van der Waals surface area contributed by atoms with Crippen LogP contribution < -0.4 is 0 Å². The first-order chi connectivity index (χ1) is 7.40. The highest BCUT2D eigenvalue weighted by Gasteiger charge is 2.22. The molecule has 15 heavy (non-hydrogen) atoms. The quantitative estimate of drug-likeness (QED) is 0.689. The predicted molar refractivity (Wildman–Crippen MR) is 62.8 cm³/mol. The van der Waals surface area contributed by atoms with Crippen molar-refractivity contribution in [2.24, 2.45) is 4.99 Å². The molecular formula is C13H17NO. The molecule has 0 spiro atoms. The van der Waals surface area contributed by atoms with Crippen molar-refractivity contribution in [3.05, 3.63) is 36.3 Å². The third-order valence-corrected chi connectivity index (χ3v) is 2.70. The molecule has 0 radical (unpaired) electrons. The second-order valence-electron chi connectivity index (χ2n) is 3.89. The molecule has 1 saturated carbocycles. The number of ether oxygens (including phenoxy) is 1. The highest BCUT2D eigenvalue weighted by Crippen LogP contribution is 2.26. The Balaban J connectivity index is 2.03. The van der Waals surface area contributed by atoms with Crippen molar-refractivity contribution < 1.29 is 4.74 Å². The van der Waals surface area contributed by atoms with E-state index < -0.39 is 0 Å². The number of hydrogen-bond acceptors (Lipinski definition) is 2. The number of allylic oxidation sites excluding steroid dienone is 5. The first-order valence-corrected chi connectivity index (χ1v) is 5.62. The second-order valence-corrected chi connectivity index (χ2v) is 3.89. The molecule has 2 aliphatic carbocycles. The number of aliphatic imine (C=N–C) groups is 1. The summed E-state index contributed by atoms with van der Waals surface area (Å²) in [6.07, 6.45) is 14.9. The standard InChI is InChI=1S/C13H17NO/c1-2-10-14-12-8-3-4-9-13(12)15-11-6-5-7-11/h2-4,9-11H,5-8H2,1H3/b10-2-,14-12+. The third kappa shape index (κ3) is 2.58. The summed E-state index contributed by atoms with van der Waals surface area (Å²) >= 11 is 0.